The van der Waals surface area contributed by atoms with E-state index in [9.17, 15) is 4.79 Å². The molecule has 118 valence electrons. The molecule has 0 saturated heterocycles. The van der Waals surface area contributed by atoms with Crippen molar-refractivity contribution in [3.63, 3.8) is 0 Å². The minimum Gasteiger partial charge on any atom is -0.497 e. The van der Waals surface area contributed by atoms with Crippen LogP contribution in [0.15, 0.2) is 66.8 Å². The van der Waals surface area contributed by atoms with Crippen LogP contribution in [-0.4, -0.2) is 25.3 Å². The Morgan fingerprint density at radius 1 is 1.00 bits per heavy atom. The topological polar surface area (TPSA) is 55.8 Å². The summed E-state index contributed by atoms with van der Waals surface area (Å²) in [6.07, 6.45) is 4.36. The average Bonchev–Trinajstić information content (AvgIpc) is 2.59. The minimum atomic E-state index is -0.990. The lowest BCUT2D eigenvalue weighted by molar-refractivity contribution is -0.131. The molecule has 0 atom stereocenters. The molecule has 2 aromatic rings. The van der Waals surface area contributed by atoms with Crippen LogP contribution in [-0.2, 0) is 4.79 Å². The highest BCUT2D eigenvalue weighted by molar-refractivity contribution is 5.85. The van der Waals surface area contributed by atoms with Crippen molar-refractivity contribution in [1.29, 1.82) is 0 Å². The molecule has 0 aromatic heterocycles. The minimum absolute atomic E-state index is 0.721. The van der Waals surface area contributed by atoms with Crippen LogP contribution in [0.25, 0.3) is 5.57 Å². The van der Waals surface area contributed by atoms with Crippen LogP contribution in [0, 0.1) is 0 Å². The number of allylic oxidation sites excluding steroid dienone is 2. The van der Waals surface area contributed by atoms with Crippen molar-refractivity contribution in [2.24, 2.45) is 0 Å². The zero-order valence-corrected chi connectivity index (χ0v) is 13.0. The standard InChI is InChI=1S/C19H18O4/c1-22-15-12-10-14(11-13-15)16(7-5-9-19(20)21)17-6-3-4-8-18(17)23-2/h3-13H,1-2H3,(H,20,21)/b9-5+,16-7-. The Balaban J connectivity index is 2.52. The molecule has 2 aromatic carbocycles. The molecule has 0 aliphatic heterocycles. The smallest absolute Gasteiger partial charge is 0.328 e. The van der Waals surface area contributed by atoms with Gasteiger partial charge in [0, 0.05) is 11.6 Å². The first kappa shape index (κ1) is 16.4. The van der Waals surface area contributed by atoms with Gasteiger partial charge in [-0.05, 0) is 29.3 Å². The fraction of sp³-hybridized carbons (Fsp3) is 0.105. The lowest BCUT2D eigenvalue weighted by Crippen LogP contribution is -1.94. The second-order valence-corrected chi connectivity index (χ2v) is 4.71. The third-order valence-electron chi connectivity index (χ3n) is 3.30. The normalized spacial score (nSPS) is 11.5. The van der Waals surface area contributed by atoms with E-state index in [0.29, 0.717) is 0 Å². The number of para-hydroxylation sites is 1. The van der Waals surface area contributed by atoms with Crippen molar-refractivity contribution < 1.29 is 19.4 Å². The number of ether oxygens (including phenoxy) is 2. The quantitative estimate of drug-likeness (QED) is 0.652. The summed E-state index contributed by atoms with van der Waals surface area (Å²) in [5.41, 5.74) is 2.68. The lowest BCUT2D eigenvalue weighted by Gasteiger charge is -2.12. The molecule has 1 N–H and O–H groups in total. The highest BCUT2D eigenvalue weighted by Crippen LogP contribution is 2.31. The molecule has 23 heavy (non-hydrogen) atoms. The zero-order chi connectivity index (χ0) is 16.7. The summed E-state index contributed by atoms with van der Waals surface area (Å²) >= 11 is 0. The summed E-state index contributed by atoms with van der Waals surface area (Å²) in [6, 6.07) is 15.2. The van der Waals surface area contributed by atoms with Gasteiger partial charge in [0.2, 0.25) is 0 Å². The van der Waals surface area contributed by atoms with Crippen molar-refractivity contribution in [2.75, 3.05) is 14.2 Å². The van der Waals surface area contributed by atoms with E-state index in [2.05, 4.69) is 0 Å². The number of hydrogen-bond donors (Lipinski definition) is 1. The monoisotopic (exact) mass is 310 g/mol. The highest BCUT2D eigenvalue weighted by atomic mass is 16.5. The average molecular weight is 310 g/mol. The molecule has 2 rings (SSSR count). The number of carboxylic acid groups (broad SMARTS) is 1. The second-order valence-electron chi connectivity index (χ2n) is 4.71. The summed E-state index contributed by atoms with van der Waals surface area (Å²) in [4.78, 5) is 10.7. The molecule has 4 heteroatoms. The number of hydrogen-bond acceptors (Lipinski definition) is 3. The van der Waals surface area contributed by atoms with E-state index in [4.69, 9.17) is 14.6 Å². The van der Waals surface area contributed by atoms with E-state index in [1.165, 1.54) is 6.08 Å². The predicted molar refractivity (Wildman–Crippen MR) is 89.8 cm³/mol. The Hall–Kier alpha value is -3.01. The number of methoxy groups -OCH3 is 2. The third kappa shape index (κ3) is 4.23. The molecule has 0 radical (unpaired) electrons. The van der Waals surface area contributed by atoms with Crippen LogP contribution in [0.4, 0.5) is 0 Å². The zero-order valence-electron chi connectivity index (χ0n) is 13.0. The maximum absolute atomic E-state index is 10.7. The number of carbonyl (C=O) groups is 1. The predicted octanol–water partition coefficient (Wildman–Crippen LogP) is 3.78. The van der Waals surface area contributed by atoms with E-state index in [0.717, 1.165) is 34.3 Å². The van der Waals surface area contributed by atoms with E-state index >= 15 is 0 Å². The van der Waals surface area contributed by atoms with Crippen LogP contribution in [0.3, 0.4) is 0 Å². The number of benzene rings is 2. The van der Waals surface area contributed by atoms with Gasteiger partial charge in [-0.1, -0.05) is 42.5 Å². The number of rotatable bonds is 6. The van der Waals surface area contributed by atoms with E-state index in [1.54, 1.807) is 20.3 Å². The largest absolute Gasteiger partial charge is 0.497 e. The molecule has 0 spiro atoms. The third-order valence-corrected chi connectivity index (χ3v) is 3.30. The van der Waals surface area contributed by atoms with E-state index < -0.39 is 5.97 Å². The van der Waals surface area contributed by atoms with Gasteiger partial charge in [0.15, 0.2) is 0 Å². The summed E-state index contributed by atoms with van der Waals surface area (Å²) in [5.74, 6) is 0.489. The van der Waals surface area contributed by atoms with Gasteiger partial charge in [0.25, 0.3) is 0 Å². The Morgan fingerprint density at radius 2 is 1.70 bits per heavy atom. The Bertz CT molecular complexity index is 727. The lowest BCUT2D eigenvalue weighted by atomic mass is 9.96. The molecule has 0 unspecified atom stereocenters. The maximum Gasteiger partial charge on any atom is 0.328 e. The Kier molecular flexibility index (Phi) is 5.58. The summed E-state index contributed by atoms with van der Waals surface area (Å²) in [5, 5.41) is 8.78. The summed E-state index contributed by atoms with van der Waals surface area (Å²) < 4.78 is 10.6. The first-order valence-electron chi connectivity index (χ1n) is 7.05. The van der Waals surface area contributed by atoms with Gasteiger partial charge < -0.3 is 14.6 Å². The highest BCUT2D eigenvalue weighted by Gasteiger charge is 2.10. The SMILES string of the molecule is COc1ccc(/C(=C/C=C/C(=O)O)c2ccccc2OC)cc1. The van der Waals surface area contributed by atoms with Gasteiger partial charge in [-0.15, -0.1) is 0 Å². The van der Waals surface area contributed by atoms with Crippen molar-refractivity contribution >= 4 is 11.5 Å². The fourth-order valence-corrected chi connectivity index (χ4v) is 2.21. The van der Waals surface area contributed by atoms with Crippen molar-refractivity contribution in [3.05, 3.63) is 77.9 Å². The van der Waals surface area contributed by atoms with Crippen LogP contribution >= 0.6 is 0 Å². The van der Waals surface area contributed by atoms with Crippen molar-refractivity contribution in [3.8, 4) is 11.5 Å². The van der Waals surface area contributed by atoms with Crippen LogP contribution in [0.1, 0.15) is 11.1 Å². The maximum atomic E-state index is 10.7. The van der Waals surface area contributed by atoms with Gasteiger partial charge in [0.1, 0.15) is 11.5 Å². The number of aliphatic carboxylic acids is 1. The van der Waals surface area contributed by atoms with Gasteiger partial charge in [-0.2, -0.15) is 0 Å². The second kappa shape index (κ2) is 7.84. The molecule has 0 bridgehead atoms. The molecular weight excluding hydrogens is 292 g/mol. The summed E-state index contributed by atoms with van der Waals surface area (Å²) in [6.45, 7) is 0. The van der Waals surface area contributed by atoms with Crippen LogP contribution in [0.5, 0.6) is 11.5 Å². The molecular formula is C19H18O4. The van der Waals surface area contributed by atoms with Crippen LogP contribution in [0.2, 0.25) is 0 Å². The Morgan fingerprint density at radius 3 is 2.30 bits per heavy atom. The number of carboxylic acids is 1. The van der Waals surface area contributed by atoms with Crippen molar-refractivity contribution in [1.82, 2.24) is 0 Å². The first-order chi connectivity index (χ1) is 11.2. The molecule has 0 fully saturated rings. The molecule has 0 amide bonds. The van der Waals surface area contributed by atoms with E-state index in [-0.39, 0.29) is 0 Å². The molecule has 0 heterocycles. The van der Waals surface area contributed by atoms with Gasteiger partial charge in [-0.3, -0.25) is 0 Å². The van der Waals surface area contributed by atoms with Crippen LogP contribution < -0.4 is 9.47 Å². The van der Waals surface area contributed by atoms with Gasteiger partial charge >= 0.3 is 5.97 Å². The van der Waals surface area contributed by atoms with Crippen molar-refractivity contribution in [2.45, 2.75) is 0 Å². The molecule has 0 saturated carbocycles. The Labute approximate surface area is 135 Å². The van der Waals surface area contributed by atoms with Gasteiger partial charge in [0.05, 0.1) is 14.2 Å². The fourth-order valence-electron chi connectivity index (χ4n) is 2.21. The molecule has 0 aliphatic rings. The molecule has 0 aliphatic carbocycles. The van der Waals surface area contributed by atoms with Gasteiger partial charge in [-0.25, -0.2) is 4.79 Å². The van der Waals surface area contributed by atoms with E-state index in [1.807, 2.05) is 48.5 Å². The molecule has 4 nitrogen and oxygen atoms in total. The summed E-state index contributed by atoms with van der Waals surface area (Å²) in [7, 11) is 3.22. The first-order valence-corrected chi connectivity index (χ1v) is 7.05.